The Kier molecular flexibility index (Phi) is 6.87. The molecule has 0 fully saturated rings. The molecule has 6 nitrogen and oxygen atoms in total. The fourth-order valence-electron chi connectivity index (χ4n) is 1.44. The Morgan fingerprint density at radius 3 is 2.00 bits per heavy atom. The van der Waals surface area contributed by atoms with Crippen molar-refractivity contribution in [2.45, 2.75) is 0 Å². The predicted octanol–water partition coefficient (Wildman–Crippen LogP) is 2.70. The first kappa shape index (κ1) is 18.0. The molecule has 0 aromatic heterocycles. The first-order valence-electron chi connectivity index (χ1n) is 5.85. The molecule has 0 unspecified atom stereocenters. The maximum absolute atomic E-state index is 10.7. The van der Waals surface area contributed by atoms with Gasteiger partial charge in [-0.25, -0.2) is 0 Å². The highest BCUT2D eigenvalue weighted by atomic mass is 79.9. The number of ether oxygens (including phenoxy) is 1. The third-order valence-corrected chi connectivity index (χ3v) is 3.41. The lowest BCUT2D eigenvalue weighted by atomic mass is 10.2. The second-order valence-electron chi connectivity index (χ2n) is 3.99. The average molecular weight is 431 g/mol. The summed E-state index contributed by atoms with van der Waals surface area (Å²) in [6, 6.07) is 9.97. The first-order valence-corrected chi connectivity index (χ1v) is 7.44. The Balaban J connectivity index is 0.000000220. The fourth-order valence-corrected chi connectivity index (χ4v) is 2.19. The van der Waals surface area contributed by atoms with E-state index in [1.807, 2.05) is 0 Å². The summed E-state index contributed by atoms with van der Waals surface area (Å²) in [5.74, 6) is -0.127. The van der Waals surface area contributed by atoms with E-state index >= 15 is 0 Å². The molecule has 0 bridgehead atoms. The molecule has 0 radical (unpaired) electrons. The second kappa shape index (κ2) is 8.40. The van der Waals surface area contributed by atoms with Crippen LogP contribution in [0.3, 0.4) is 0 Å². The van der Waals surface area contributed by atoms with Crippen LogP contribution in [0.5, 0.6) is 5.75 Å². The number of rotatable bonds is 3. The number of benzene rings is 2. The highest BCUT2D eigenvalue weighted by Gasteiger charge is 2.04. The lowest BCUT2D eigenvalue weighted by Crippen LogP contribution is -2.13. The van der Waals surface area contributed by atoms with Crippen molar-refractivity contribution < 1.29 is 14.3 Å². The highest BCUT2D eigenvalue weighted by molar-refractivity contribution is 9.10. The van der Waals surface area contributed by atoms with Crippen molar-refractivity contribution in [3.05, 3.63) is 50.9 Å². The zero-order chi connectivity index (χ0) is 16.7. The molecule has 0 aliphatic rings. The number of carbonyl (C=O) groups is 2. The van der Waals surface area contributed by atoms with Crippen LogP contribution in [0, 0.1) is 0 Å². The minimum atomic E-state index is -0.505. The van der Waals surface area contributed by atoms with Crippen molar-refractivity contribution in [1.82, 2.24) is 0 Å². The van der Waals surface area contributed by atoms with Gasteiger partial charge in [-0.2, -0.15) is 0 Å². The van der Waals surface area contributed by atoms with E-state index in [1.165, 1.54) is 0 Å². The molecule has 0 saturated carbocycles. The number of nitrogens with two attached hydrogens (primary N) is 3. The van der Waals surface area contributed by atoms with E-state index in [0.717, 1.165) is 8.95 Å². The van der Waals surface area contributed by atoms with Crippen molar-refractivity contribution in [2.24, 2.45) is 5.73 Å². The number of nitrogen functional groups attached to an aromatic ring is 2. The molecule has 2 aromatic rings. The second-order valence-corrected chi connectivity index (χ2v) is 5.82. The minimum Gasteiger partial charge on any atom is -0.427 e. The summed E-state index contributed by atoms with van der Waals surface area (Å²) in [5.41, 5.74) is 17.2. The lowest BCUT2D eigenvalue weighted by molar-refractivity contribution is -0.120. The van der Waals surface area contributed by atoms with E-state index in [2.05, 4.69) is 36.6 Å². The average Bonchev–Trinajstić information content (AvgIpc) is 2.42. The number of primary amides is 1. The van der Waals surface area contributed by atoms with Crippen LogP contribution in [-0.4, -0.2) is 12.4 Å². The van der Waals surface area contributed by atoms with Gasteiger partial charge >= 0.3 is 0 Å². The molecule has 8 heteroatoms. The van der Waals surface area contributed by atoms with Gasteiger partial charge in [0.25, 0.3) is 12.4 Å². The monoisotopic (exact) mass is 429 g/mol. The molecule has 0 saturated heterocycles. The minimum absolute atomic E-state index is 0.347. The molecule has 1 amide bonds. The van der Waals surface area contributed by atoms with Crippen LogP contribution < -0.4 is 21.9 Å². The quantitative estimate of drug-likeness (QED) is 0.510. The van der Waals surface area contributed by atoms with Crippen LogP contribution >= 0.6 is 31.9 Å². The molecule has 0 aliphatic carbocycles. The third-order valence-electron chi connectivity index (χ3n) is 2.43. The zero-order valence-corrected chi connectivity index (χ0v) is 14.4. The SMILES string of the molecule is NC(=O)c1ccc(Br)cc1N.Nc1cc(Br)ccc1OC=O. The fraction of sp³-hybridized carbons (Fsp3) is 0. The molecular weight excluding hydrogens is 418 g/mol. The Bertz CT molecular complexity index is 693. The number of halogens is 2. The van der Waals surface area contributed by atoms with E-state index in [-0.39, 0.29) is 0 Å². The Morgan fingerprint density at radius 1 is 1.00 bits per heavy atom. The first-order chi connectivity index (χ1) is 10.3. The summed E-state index contributed by atoms with van der Waals surface area (Å²) < 4.78 is 6.25. The Labute approximate surface area is 143 Å². The molecule has 6 N–H and O–H groups in total. The van der Waals surface area contributed by atoms with E-state index < -0.39 is 5.91 Å². The van der Waals surface area contributed by atoms with E-state index in [1.54, 1.807) is 36.4 Å². The molecular formula is C14H13Br2N3O3. The number of hydrogen-bond acceptors (Lipinski definition) is 5. The summed E-state index contributed by atoms with van der Waals surface area (Å²) in [5, 5.41) is 0. The van der Waals surface area contributed by atoms with Crippen LogP contribution in [0.4, 0.5) is 11.4 Å². The molecule has 0 atom stereocenters. The normalized spacial score (nSPS) is 9.36. The molecule has 2 aromatic carbocycles. The Morgan fingerprint density at radius 2 is 1.55 bits per heavy atom. The summed E-state index contributed by atoms with van der Waals surface area (Å²) in [7, 11) is 0. The van der Waals surface area contributed by atoms with Gasteiger partial charge in [0.2, 0.25) is 0 Å². The van der Waals surface area contributed by atoms with Gasteiger partial charge in [0.15, 0.2) is 5.75 Å². The van der Waals surface area contributed by atoms with E-state index in [0.29, 0.717) is 29.2 Å². The van der Waals surface area contributed by atoms with Crippen molar-refractivity contribution in [2.75, 3.05) is 11.5 Å². The largest absolute Gasteiger partial charge is 0.427 e. The number of hydrogen-bond donors (Lipinski definition) is 3. The summed E-state index contributed by atoms with van der Waals surface area (Å²) in [6.45, 7) is 0.347. The van der Waals surface area contributed by atoms with Gasteiger partial charge in [-0.1, -0.05) is 31.9 Å². The molecule has 0 spiro atoms. The van der Waals surface area contributed by atoms with Crippen LogP contribution in [-0.2, 0) is 4.79 Å². The van der Waals surface area contributed by atoms with Crippen LogP contribution in [0.25, 0.3) is 0 Å². The molecule has 2 rings (SSSR count). The summed E-state index contributed by atoms with van der Waals surface area (Å²) in [6.07, 6.45) is 0. The van der Waals surface area contributed by atoms with Crippen molar-refractivity contribution in [3.63, 3.8) is 0 Å². The summed E-state index contributed by atoms with van der Waals surface area (Å²) >= 11 is 6.44. The van der Waals surface area contributed by atoms with Crippen molar-refractivity contribution in [3.8, 4) is 5.75 Å². The van der Waals surface area contributed by atoms with Gasteiger partial charge in [-0.05, 0) is 36.4 Å². The molecule has 0 heterocycles. The number of amides is 1. The van der Waals surface area contributed by atoms with Gasteiger partial charge in [0.1, 0.15) is 0 Å². The number of carbonyl (C=O) groups excluding carboxylic acids is 2. The van der Waals surface area contributed by atoms with E-state index in [4.69, 9.17) is 17.2 Å². The molecule has 22 heavy (non-hydrogen) atoms. The highest BCUT2D eigenvalue weighted by Crippen LogP contribution is 2.24. The van der Waals surface area contributed by atoms with Crippen molar-refractivity contribution >= 4 is 55.6 Å². The van der Waals surface area contributed by atoms with Gasteiger partial charge in [0, 0.05) is 14.6 Å². The molecule has 0 aliphatic heterocycles. The van der Waals surface area contributed by atoms with Gasteiger partial charge in [-0.3, -0.25) is 9.59 Å². The van der Waals surface area contributed by atoms with Crippen LogP contribution in [0.2, 0.25) is 0 Å². The van der Waals surface area contributed by atoms with Gasteiger partial charge < -0.3 is 21.9 Å². The third kappa shape index (κ3) is 5.38. The van der Waals surface area contributed by atoms with Gasteiger partial charge in [0.05, 0.1) is 11.3 Å². The Hall–Kier alpha value is -2.06. The molecule has 116 valence electrons. The predicted molar refractivity (Wildman–Crippen MR) is 92.3 cm³/mol. The van der Waals surface area contributed by atoms with Crippen LogP contribution in [0.1, 0.15) is 10.4 Å². The van der Waals surface area contributed by atoms with Crippen LogP contribution in [0.15, 0.2) is 45.3 Å². The number of anilines is 2. The maximum atomic E-state index is 10.7. The van der Waals surface area contributed by atoms with E-state index in [9.17, 15) is 9.59 Å². The topological polar surface area (TPSA) is 121 Å². The standard InChI is InChI=1S/C7H7BrN2O.C7H6BrNO2/c8-4-1-2-5(7(10)11)6(9)3-4;8-5-1-2-7(11-4-10)6(9)3-5/h1-3H,9H2,(H2,10,11);1-4H,9H2. The zero-order valence-electron chi connectivity index (χ0n) is 11.3. The van der Waals surface area contributed by atoms with Crippen molar-refractivity contribution in [1.29, 1.82) is 0 Å². The smallest absolute Gasteiger partial charge is 0.298 e. The maximum Gasteiger partial charge on any atom is 0.298 e. The summed E-state index contributed by atoms with van der Waals surface area (Å²) in [4.78, 5) is 20.6. The van der Waals surface area contributed by atoms with Gasteiger partial charge in [-0.15, -0.1) is 0 Å². The lowest BCUT2D eigenvalue weighted by Gasteiger charge is -2.01.